The summed E-state index contributed by atoms with van der Waals surface area (Å²) >= 11 is 0. The fourth-order valence-electron chi connectivity index (χ4n) is 2.76. The van der Waals surface area contributed by atoms with Crippen LogP contribution in [0, 0.1) is 0 Å². The molecule has 21 heavy (non-hydrogen) atoms. The van der Waals surface area contributed by atoms with Crippen molar-refractivity contribution in [3.63, 3.8) is 0 Å². The number of halogens is 3. The van der Waals surface area contributed by atoms with Gasteiger partial charge in [0, 0.05) is 0 Å². The van der Waals surface area contributed by atoms with E-state index in [4.69, 9.17) is 10.5 Å². The number of hydrogen-bond donors (Lipinski definition) is 1. The van der Waals surface area contributed by atoms with Gasteiger partial charge in [0.1, 0.15) is 5.75 Å². The normalized spacial score (nSPS) is 17.5. The molecule has 2 nitrogen and oxygen atoms in total. The Morgan fingerprint density at radius 1 is 1.10 bits per heavy atom. The lowest BCUT2D eigenvalue weighted by molar-refractivity contribution is -0.139. The molecular weight excluding hydrogens is 279 g/mol. The fourth-order valence-corrected chi connectivity index (χ4v) is 2.76. The van der Waals surface area contributed by atoms with Gasteiger partial charge < -0.3 is 10.5 Å². The van der Waals surface area contributed by atoms with Crippen LogP contribution in [0.4, 0.5) is 13.2 Å². The third kappa shape index (κ3) is 4.63. The highest BCUT2D eigenvalue weighted by Gasteiger charge is 2.35. The molecule has 0 radical (unpaired) electrons. The Hall–Kier alpha value is -1.23. The van der Waals surface area contributed by atoms with Gasteiger partial charge in [-0.25, -0.2) is 0 Å². The first-order valence-electron chi connectivity index (χ1n) is 7.57. The van der Waals surface area contributed by atoms with E-state index in [1.165, 1.54) is 12.1 Å². The summed E-state index contributed by atoms with van der Waals surface area (Å²) in [6.45, 7) is 0.333. The van der Waals surface area contributed by atoms with Crippen LogP contribution in [0.3, 0.4) is 0 Å². The summed E-state index contributed by atoms with van der Waals surface area (Å²) in [4.78, 5) is 0. The van der Waals surface area contributed by atoms with Crippen LogP contribution in [0.2, 0.25) is 0 Å². The number of benzene rings is 1. The van der Waals surface area contributed by atoms with E-state index in [1.807, 2.05) is 0 Å². The molecular formula is C16H22F3NO. The lowest BCUT2D eigenvalue weighted by Crippen LogP contribution is -2.18. The van der Waals surface area contributed by atoms with E-state index in [2.05, 4.69) is 0 Å². The Labute approximate surface area is 123 Å². The molecule has 1 aliphatic rings. The maximum absolute atomic E-state index is 13.2. The first-order valence-corrected chi connectivity index (χ1v) is 7.57. The Balaban J connectivity index is 2.20. The Kier molecular flexibility index (Phi) is 5.51. The first kappa shape index (κ1) is 16.1. The SMILES string of the molecule is NCCc1ccc(OC2CCCCCC2)c(C(F)(F)F)c1. The summed E-state index contributed by atoms with van der Waals surface area (Å²) in [6, 6.07) is 4.28. The highest BCUT2D eigenvalue weighted by molar-refractivity contribution is 5.39. The van der Waals surface area contributed by atoms with Crippen LogP contribution in [0.5, 0.6) is 5.75 Å². The standard InChI is InChI=1S/C16H22F3NO/c17-16(18,19)14-11-12(9-10-20)7-8-15(14)21-13-5-3-1-2-4-6-13/h7-8,11,13H,1-6,9-10,20H2. The molecule has 1 fully saturated rings. The van der Waals surface area contributed by atoms with E-state index in [1.54, 1.807) is 6.07 Å². The van der Waals surface area contributed by atoms with Crippen LogP contribution in [-0.2, 0) is 12.6 Å². The van der Waals surface area contributed by atoms with Crippen LogP contribution in [-0.4, -0.2) is 12.6 Å². The molecule has 0 unspecified atom stereocenters. The van der Waals surface area contributed by atoms with Crippen LogP contribution in [0.1, 0.15) is 49.7 Å². The van der Waals surface area contributed by atoms with Gasteiger partial charge in [-0.05, 0) is 56.3 Å². The molecule has 0 heterocycles. The molecule has 1 saturated carbocycles. The van der Waals surface area contributed by atoms with Crippen molar-refractivity contribution >= 4 is 0 Å². The zero-order valence-electron chi connectivity index (χ0n) is 12.1. The van der Waals surface area contributed by atoms with Gasteiger partial charge in [-0.15, -0.1) is 0 Å². The van der Waals surface area contributed by atoms with Gasteiger partial charge in [0.05, 0.1) is 11.7 Å². The third-order valence-corrected chi connectivity index (χ3v) is 3.88. The Bertz CT molecular complexity index is 451. The van der Waals surface area contributed by atoms with Gasteiger partial charge in [-0.3, -0.25) is 0 Å². The number of rotatable bonds is 4. The molecule has 2 N–H and O–H groups in total. The van der Waals surface area contributed by atoms with Crippen molar-refractivity contribution < 1.29 is 17.9 Å². The van der Waals surface area contributed by atoms with Crippen LogP contribution in [0.25, 0.3) is 0 Å². The molecule has 1 aromatic carbocycles. The summed E-state index contributed by atoms with van der Waals surface area (Å²) in [5.41, 5.74) is 5.32. The highest BCUT2D eigenvalue weighted by atomic mass is 19.4. The summed E-state index contributed by atoms with van der Waals surface area (Å²) in [7, 11) is 0. The van der Waals surface area contributed by atoms with Gasteiger partial charge in [0.25, 0.3) is 0 Å². The minimum Gasteiger partial charge on any atom is -0.490 e. The predicted molar refractivity (Wildman–Crippen MR) is 76.3 cm³/mol. The van der Waals surface area contributed by atoms with Crippen molar-refractivity contribution in [1.82, 2.24) is 0 Å². The van der Waals surface area contributed by atoms with Crippen molar-refractivity contribution in [1.29, 1.82) is 0 Å². The van der Waals surface area contributed by atoms with Crippen molar-refractivity contribution in [3.05, 3.63) is 29.3 Å². The second-order valence-electron chi connectivity index (χ2n) is 5.60. The summed E-state index contributed by atoms with van der Waals surface area (Å²) < 4.78 is 45.3. The smallest absolute Gasteiger partial charge is 0.419 e. The number of nitrogens with two attached hydrogens (primary N) is 1. The second kappa shape index (κ2) is 7.16. The number of ether oxygens (including phenoxy) is 1. The third-order valence-electron chi connectivity index (χ3n) is 3.88. The van der Waals surface area contributed by atoms with Gasteiger partial charge in [0.15, 0.2) is 0 Å². The molecule has 0 amide bonds. The molecule has 0 spiro atoms. The molecule has 0 aliphatic heterocycles. The largest absolute Gasteiger partial charge is 0.490 e. The van der Waals surface area contributed by atoms with Gasteiger partial charge in [-0.2, -0.15) is 13.2 Å². The fraction of sp³-hybridized carbons (Fsp3) is 0.625. The van der Waals surface area contributed by atoms with E-state index >= 15 is 0 Å². The lowest BCUT2D eigenvalue weighted by Gasteiger charge is -2.21. The van der Waals surface area contributed by atoms with Gasteiger partial charge in [0.2, 0.25) is 0 Å². The van der Waals surface area contributed by atoms with Crippen molar-refractivity contribution in [2.75, 3.05) is 6.54 Å². The maximum atomic E-state index is 13.2. The van der Waals surface area contributed by atoms with Crippen molar-refractivity contribution in [2.45, 2.75) is 57.2 Å². The van der Waals surface area contributed by atoms with E-state index in [0.717, 1.165) is 38.5 Å². The van der Waals surface area contributed by atoms with E-state index in [0.29, 0.717) is 18.5 Å². The minimum atomic E-state index is -4.40. The van der Waals surface area contributed by atoms with Gasteiger partial charge >= 0.3 is 6.18 Å². The van der Waals surface area contributed by atoms with E-state index < -0.39 is 11.7 Å². The topological polar surface area (TPSA) is 35.2 Å². The van der Waals surface area contributed by atoms with E-state index in [9.17, 15) is 13.2 Å². The maximum Gasteiger partial charge on any atom is 0.419 e. The lowest BCUT2D eigenvalue weighted by atomic mass is 10.1. The quantitative estimate of drug-likeness (QED) is 0.841. The molecule has 1 aliphatic carbocycles. The Morgan fingerprint density at radius 2 is 1.76 bits per heavy atom. The highest BCUT2D eigenvalue weighted by Crippen LogP contribution is 2.38. The van der Waals surface area contributed by atoms with Gasteiger partial charge in [-0.1, -0.05) is 18.9 Å². The van der Waals surface area contributed by atoms with Crippen LogP contribution < -0.4 is 10.5 Å². The number of alkyl halides is 3. The van der Waals surface area contributed by atoms with Crippen molar-refractivity contribution in [2.24, 2.45) is 5.73 Å². The van der Waals surface area contributed by atoms with Crippen LogP contribution in [0.15, 0.2) is 18.2 Å². The molecule has 5 heteroatoms. The zero-order chi connectivity index (χ0) is 15.3. The second-order valence-corrected chi connectivity index (χ2v) is 5.60. The molecule has 118 valence electrons. The summed E-state index contributed by atoms with van der Waals surface area (Å²) in [5, 5.41) is 0. The summed E-state index contributed by atoms with van der Waals surface area (Å²) in [5.74, 6) is -0.0461. The molecule has 0 atom stereocenters. The monoisotopic (exact) mass is 301 g/mol. The average molecular weight is 301 g/mol. The zero-order valence-corrected chi connectivity index (χ0v) is 12.1. The summed E-state index contributed by atoms with van der Waals surface area (Å²) in [6.07, 6.45) is 1.94. The van der Waals surface area contributed by atoms with Crippen molar-refractivity contribution in [3.8, 4) is 5.75 Å². The predicted octanol–water partition coefficient (Wildman–Crippen LogP) is 4.31. The van der Waals surface area contributed by atoms with E-state index in [-0.39, 0.29) is 11.9 Å². The Morgan fingerprint density at radius 3 is 2.33 bits per heavy atom. The molecule has 1 aromatic rings. The molecule has 0 bridgehead atoms. The minimum absolute atomic E-state index is 0.0461. The first-order chi connectivity index (χ1) is 10.0. The molecule has 0 aromatic heterocycles. The number of hydrogen-bond acceptors (Lipinski definition) is 2. The average Bonchev–Trinajstić information content (AvgIpc) is 2.68. The molecule has 2 rings (SSSR count). The van der Waals surface area contributed by atoms with Crippen LogP contribution >= 0.6 is 0 Å². The molecule has 0 saturated heterocycles.